The van der Waals surface area contributed by atoms with E-state index in [1.165, 1.54) is 12.1 Å². The van der Waals surface area contributed by atoms with Crippen molar-refractivity contribution in [3.8, 4) is 11.4 Å². The Balaban J connectivity index is 2.58. The van der Waals surface area contributed by atoms with Crippen LogP contribution >= 0.6 is 0 Å². The molecule has 0 aliphatic heterocycles. The molecule has 0 aliphatic carbocycles. The molecule has 2 aromatic rings. The van der Waals surface area contributed by atoms with Crippen LogP contribution in [0.4, 0.5) is 10.2 Å². The first-order valence-corrected chi connectivity index (χ1v) is 6.35. The topological polar surface area (TPSA) is 37.8 Å². The summed E-state index contributed by atoms with van der Waals surface area (Å²) < 4.78 is 13.3. The fourth-order valence-corrected chi connectivity index (χ4v) is 2.22. The lowest BCUT2D eigenvalue weighted by Crippen LogP contribution is -2.07. The van der Waals surface area contributed by atoms with Crippen molar-refractivity contribution in [1.29, 1.82) is 0 Å². The molecule has 1 aromatic carbocycles. The van der Waals surface area contributed by atoms with Gasteiger partial charge in [-0.2, -0.15) is 0 Å². The van der Waals surface area contributed by atoms with Crippen molar-refractivity contribution in [1.82, 2.24) is 9.97 Å². The molecular weight excluding hydrogens is 241 g/mol. The van der Waals surface area contributed by atoms with Crippen LogP contribution in [-0.2, 0) is 0 Å². The van der Waals surface area contributed by atoms with Gasteiger partial charge in [-0.25, -0.2) is 14.4 Å². The Morgan fingerprint density at radius 3 is 2.53 bits per heavy atom. The maximum Gasteiger partial charge on any atom is 0.161 e. The first kappa shape index (κ1) is 13.5. The quantitative estimate of drug-likeness (QED) is 0.912. The fourth-order valence-electron chi connectivity index (χ4n) is 2.22. The van der Waals surface area contributed by atoms with Crippen LogP contribution in [-0.4, -0.2) is 17.0 Å². The summed E-state index contributed by atoms with van der Waals surface area (Å²) in [7, 11) is 1.84. The van der Waals surface area contributed by atoms with E-state index in [1.54, 1.807) is 6.07 Å². The lowest BCUT2D eigenvalue weighted by atomic mass is 10.0. The largest absolute Gasteiger partial charge is 0.373 e. The Labute approximate surface area is 112 Å². The van der Waals surface area contributed by atoms with Crippen molar-refractivity contribution in [3.63, 3.8) is 0 Å². The van der Waals surface area contributed by atoms with E-state index in [1.807, 2.05) is 20.0 Å². The van der Waals surface area contributed by atoms with Crippen LogP contribution in [0.15, 0.2) is 24.3 Å². The van der Waals surface area contributed by atoms with Crippen LogP contribution in [0.1, 0.15) is 31.0 Å². The summed E-state index contributed by atoms with van der Waals surface area (Å²) in [6, 6.07) is 6.34. The zero-order valence-corrected chi connectivity index (χ0v) is 11.7. The second kappa shape index (κ2) is 5.34. The summed E-state index contributed by atoms with van der Waals surface area (Å²) in [4.78, 5) is 8.99. The van der Waals surface area contributed by atoms with E-state index in [0.29, 0.717) is 17.3 Å². The third-order valence-corrected chi connectivity index (χ3v) is 3.03. The smallest absolute Gasteiger partial charge is 0.161 e. The lowest BCUT2D eigenvalue weighted by molar-refractivity contribution is 0.628. The van der Waals surface area contributed by atoms with E-state index in [4.69, 9.17) is 0 Å². The minimum atomic E-state index is -0.280. The number of benzene rings is 1. The van der Waals surface area contributed by atoms with Gasteiger partial charge >= 0.3 is 0 Å². The van der Waals surface area contributed by atoms with Crippen LogP contribution in [0.25, 0.3) is 11.4 Å². The molecule has 0 saturated heterocycles. The van der Waals surface area contributed by atoms with E-state index in [9.17, 15) is 4.39 Å². The van der Waals surface area contributed by atoms with Crippen molar-refractivity contribution in [2.45, 2.75) is 26.7 Å². The number of rotatable bonds is 3. The minimum Gasteiger partial charge on any atom is -0.373 e. The van der Waals surface area contributed by atoms with E-state index >= 15 is 0 Å². The summed E-state index contributed by atoms with van der Waals surface area (Å²) in [5, 5.41) is 3.10. The van der Waals surface area contributed by atoms with E-state index in [2.05, 4.69) is 29.1 Å². The SMILES string of the molecule is CNc1nc(-c2cccc(F)c2)nc(C)c1C(C)C. The molecular formula is C15H18FN3. The van der Waals surface area contributed by atoms with Crippen molar-refractivity contribution in [2.75, 3.05) is 12.4 Å². The van der Waals surface area contributed by atoms with Gasteiger partial charge in [0.1, 0.15) is 11.6 Å². The number of hydrogen-bond donors (Lipinski definition) is 1. The Kier molecular flexibility index (Phi) is 3.79. The summed E-state index contributed by atoms with van der Waals surface area (Å²) in [5.74, 6) is 1.41. The molecule has 0 spiro atoms. The van der Waals surface area contributed by atoms with Gasteiger partial charge in [-0.15, -0.1) is 0 Å². The highest BCUT2D eigenvalue weighted by Gasteiger charge is 2.14. The average molecular weight is 259 g/mol. The second-order valence-corrected chi connectivity index (χ2v) is 4.81. The van der Waals surface area contributed by atoms with Gasteiger partial charge in [0, 0.05) is 23.9 Å². The third-order valence-electron chi connectivity index (χ3n) is 3.03. The number of hydrogen-bond acceptors (Lipinski definition) is 3. The Morgan fingerprint density at radius 2 is 1.95 bits per heavy atom. The molecule has 0 atom stereocenters. The number of halogens is 1. The molecule has 0 amide bonds. The van der Waals surface area contributed by atoms with E-state index < -0.39 is 0 Å². The number of nitrogens with one attached hydrogen (secondary N) is 1. The van der Waals surface area contributed by atoms with Crippen LogP contribution < -0.4 is 5.32 Å². The molecule has 100 valence electrons. The number of aryl methyl sites for hydroxylation is 1. The van der Waals surface area contributed by atoms with Crippen molar-refractivity contribution >= 4 is 5.82 Å². The summed E-state index contributed by atoms with van der Waals surface area (Å²) in [6.45, 7) is 6.17. The Hall–Kier alpha value is -1.97. The highest BCUT2D eigenvalue weighted by Crippen LogP contribution is 2.27. The molecule has 0 bridgehead atoms. The van der Waals surface area contributed by atoms with Crippen LogP contribution in [0.3, 0.4) is 0 Å². The van der Waals surface area contributed by atoms with E-state index in [0.717, 1.165) is 17.1 Å². The van der Waals surface area contributed by atoms with Gasteiger partial charge in [0.15, 0.2) is 5.82 Å². The number of nitrogens with zero attached hydrogens (tertiary/aromatic N) is 2. The summed E-state index contributed by atoms with van der Waals surface area (Å²) >= 11 is 0. The van der Waals surface area contributed by atoms with E-state index in [-0.39, 0.29) is 5.82 Å². The van der Waals surface area contributed by atoms with Gasteiger partial charge in [-0.1, -0.05) is 26.0 Å². The highest BCUT2D eigenvalue weighted by atomic mass is 19.1. The average Bonchev–Trinajstić information content (AvgIpc) is 2.37. The van der Waals surface area contributed by atoms with Gasteiger partial charge in [0.05, 0.1) is 0 Å². The first-order chi connectivity index (χ1) is 9.02. The fraction of sp³-hybridized carbons (Fsp3) is 0.333. The summed E-state index contributed by atoms with van der Waals surface area (Å²) in [6.07, 6.45) is 0. The van der Waals surface area contributed by atoms with Gasteiger partial charge in [0.2, 0.25) is 0 Å². The molecule has 19 heavy (non-hydrogen) atoms. The Bertz CT molecular complexity index is 594. The van der Waals surface area contributed by atoms with Crippen LogP contribution in [0, 0.1) is 12.7 Å². The molecule has 0 unspecified atom stereocenters. The maximum atomic E-state index is 13.3. The number of anilines is 1. The normalized spacial score (nSPS) is 10.8. The molecule has 0 fully saturated rings. The molecule has 0 aliphatic rings. The van der Waals surface area contributed by atoms with Crippen LogP contribution in [0.2, 0.25) is 0 Å². The highest BCUT2D eigenvalue weighted by molar-refractivity contribution is 5.60. The lowest BCUT2D eigenvalue weighted by Gasteiger charge is -2.15. The van der Waals surface area contributed by atoms with Gasteiger partial charge in [0.25, 0.3) is 0 Å². The van der Waals surface area contributed by atoms with Gasteiger partial charge in [-0.05, 0) is 25.0 Å². The molecule has 0 radical (unpaired) electrons. The van der Waals surface area contributed by atoms with Gasteiger partial charge in [-0.3, -0.25) is 0 Å². The molecule has 4 heteroatoms. The third kappa shape index (κ3) is 2.72. The van der Waals surface area contributed by atoms with Gasteiger partial charge < -0.3 is 5.32 Å². The van der Waals surface area contributed by atoms with Crippen molar-refractivity contribution in [2.24, 2.45) is 0 Å². The molecule has 0 saturated carbocycles. The Morgan fingerprint density at radius 1 is 1.21 bits per heavy atom. The van der Waals surface area contributed by atoms with Crippen molar-refractivity contribution in [3.05, 3.63) is 41.3 Å². The second-order valence-electron chi connectivity index (χ2n) is 4.81. The van der Waals surface area contributed by atoms with Crippen LogP contribution in [0.5, 0.6) is 0 Å². The zero-order chi connectivity index (χ0) is 14.0. The predicted molar refractivity (Wildman–Crippen MR) is 75.8 cm³/mol. The standard InChI is InChI=1S/C15H18FN3/c1-9(2)13-10(3)18-14(19-15(13)17-4)11-6-5-7-12(16)8-11/h5-9H,1-4H3,(H,17,18,19). The number of aromatic nitrogens is 2. The maximum absolute atomic E-state index is 13.3. The minimum absolute atomic E-state index is 0.280. The molecule has 1 N–H and O–H groups in total. The summed E-state index contributed by atoms with van der Waals surface area (Å²) in [5.41, 5.74) is 2.71. The van der Waals surface area contributed by atoms with Crippen molar-refractivity contribution < 1.29 is 4.39 Å². The first-order valence-electron chi connectivity index (χ1n) is 6.35. The molecule has 1 aromatic heterocycles. The molecule has 3 nitrogen and oxygen atoms in total. The molecule has 1 heterocycles. The predicted octanol–water partition coefficient (Wildman–Crippen LogP) is 3.76. The zero-order valence-electron chi connectivity index (χ0n) is 11.7. The molecule has 2 rings (SSSR count). The monoisotopic (exact) mass is 259 g/mol.